The Hall–Kier alpha value is 0.0738. The van der Waals surface area contributed by atoms with Crippen LogP contribution < -0.4 is 22.1 Å². The van der Waals surface area contributed by atoms with Crippen molar-refractivity contribution in [3.63, 3.8) is 0 Å². The molecule has 0 aromatic rings. The zero-order chi connectivity index (χ0) is 21.0. The van der Waals surface area contributed by atoms with Crippen molar-refractivity contribution >= 4 is 17.4 Å². The van der Waals surface area contributed by atoms with Gasteiger partial charge >= 0.3 is 17.4 Å². The summed E-state index contributed by atoms with van der Waals surface area (Å²) >= 11 is 0. The lowest BCUT2D eigenvalue weighted by molar-refractivity contribution is 0.123. The SMILES string of the molecule is CO[Si](C)(CCCNCCN)OC.CO[Si](CCCNCCN)(OC)OC. The van der Waals surface area contributed by atoms with Crippen molar-refractivity contribution in [3.8, 4) is 0 Å². The summed E-state index contributed by atoms with van der Waals surface area (Å²) in [6.07, 6.45) is 2.06. The summed E-state index contributed by atoms with van der Waals surface area (Å²) in [5.41, 5.74) is 10.7. The van der Waals surface area contributed by atoms with Gasteiger partial charge in [-0.05, 0) is 38.5 Å². The number of hydrogen-bond acceptors (Lipinski definition) is 9. The molecule has 0 aromatic heterocycles. The van der Waals surface area contributed by atoms with Crippen molar-refractivity contribution < 1.29 is 22.1 Å². The molecule has 0 spiro atoms. The maximum absolute atomic E-state index is 5.36. The van der Waals surface area contributed by atoms with E-state index in [1.54, 1.807) is 35.5 Å². The van der Waals surface area contributed by atoms with Crippen molar-refractivity contribution in [1.29, 1.82) is 0 Å². The average Bonchev–Trinajstić information content (AvgIpc) is 2.71. The van der Waals surface area contributed by atoms with Crippen molar-refractivity contribution in [2.75, 3.05) is 74.8 Å². The smallest absolute Gasteiger partial charge is 0.398 e. The summed E-state index contributed by atoms with van der Waals surface area (Å²) < 4.78 is 26.6. The Kier molecular flexibility index (Phi) is 21.0. The number of hydrogen-bond donors (Lipinski definition) is 4. The molecule has 0 atom stereocenters. The summed E-state index contributed by atoms with van der Waals surface area (Å²) in [7, 11) is 4.17. The lowest BCUT2D eigenvalue weighted by Crippen LogP contribution is -2.43. The van der Waals surface area contributed by atoms with Gasteiger partial charge in [-0.1, -0.05) is 0 Å². The Balaban J connectivity index is 0. The first kappa shape index (κ1) is 29.3. The molecular formula is C16H44N4O5Si2. The highest BCUT2D eigenvalue weighted by Gasteiger charge is 2.36. The van der Waals surface area contributed by atoms with Gasteiger partial charge in [0, 0.05) is 67.8 Å². The Labute approximate surface area is 168 Å². The molecule has 0 rings (SSSR count). The summed E-state index contributed by atoms with van der Waals surface area (Å²) in [5.74, 6) is 0. The third kappa shape index (κ3) is 15.6. The van der Waals surface area contributed by atoms with Crippen LogP contribution in [0.5, 0.6) is 0 Å². The first-order chi connectivity index (χ1) is 12.9. The van der Waals surface area contributed by atoms with Gasteiger partial charge in [0.15, 0.2) is 0 Å². The van der Waals surface area contributed by atoms with Crippen LogP contribution in [-0.2, 0) is 22.1 Å². The average molecular weight is 429 g/mol. The molecule has 0 aliphatic rings. The molecule has 0 aliphatic heterocycles. The van der Waals surface area contributed by atoms with E-state index >= 15 is 0 Å². The van der Waals surface area contributed by atoms with Gasteiger partial charge in [-0.25, -0.2) is 0 Å². The second-order valence-electron chi connectivity index (χ2n) is 6.12. The van der Waals surface area contributed by atoms with Crippen molar-refractivity contribution in [1.82, 2.24) is 10.6 Å². The third-order valence-corrected chi connectivity index (χ3v) is 10.1. The van der Waals surface area contributed by atoms with Gasteiger partial charge < -0.3 is 44.2 Å². The van der Waals surface area contributed by atoms with Gasteiger partial charge in [-0.2, -0.15) is 0 Å². The highest BCUT2D eigenvalue weighted by atomic mass is 28.4. The largest absolute Gasteiger partial charge is 0.500 e. The van der Waals surface area contributed by atoms with Crippen molar-refractivity contribution in [3.05, 3.63) is 0 Å². The molecular weight excluding hydrogens is 384 g/mol. The summed E-state index contributed by atoms with van der Waals surface area (Å²) in [6.45, 7) is 7.09. The first-order valence-corrected chi connectivity index (χ1v) is 14.0. The number of nitrogens with one attached hydrogen (secondary N) is 2. The molecule has 6 N–H and O–H groups in total. The van der Waals surface area contributed by atoms with Crippen LogP contribution in [0.15, 0.2) is 0 Å². The van der Waals surface area contributed by atoms with E-state index in [-0.39, 0.29) is 0 Å². The summed E-state index contributed by atoms with van der Waals surface area (Å²) in [4.78, 5) is 0. The van der Waals surface area contributed by atoms with E-state index < -0.39 is 17.4 Å². The predicted octanol–water partition coefficient (Wildman–Crippen LogP) is 0.0925. The van der Waals surface area contributed by atoms with Crippen LogP contribution in [0.1, 0.15) is 12.8 Å². The standard InChI is InChI=1S/C8H22N2O3Si.C8H22N2O2Si/c1-11-14(12-2,13-3)8-4-6-10-7-5-9;1-11-13(3,12-2)8-4-6-10-7-5-9/h10H,4-9H2,1-3H3;10H,4-9H2,1-3H3. The maximum Gasteiger partial charge on any atom is 0.500 e. The van der Waals surface area contributed by atoms with E-state index in [0.29, 0.717) is 13.1 Å². The number of nitrogens with two attached hydrogens (primary N) is 2. The van der Waals surface area contributed by atoms with Gasteiger partial charge in [0.1, 0.15) is 0 Å². The van der Waals surface area contributed by atoms with Crippen LogP contribution in [0, 0.1) is 0 Å². The van der Waals surface area contributed by atoms with Crippen LogP contribution in [0.4, 0.5) is 0 Å². The van der Waals surface area contributed by atoms with E-state index in [0.717, 1.165) is 51.1 Å². The zero-order valence-corrected chi connectivity index (χ0v) is 20.3. The predicted molar refractivity (Wildman–Crippen MR) is 115 cm³/mol. The Morgan fingerprint density at radius 3 is 1.37 bits per heavy atom. The van der Waals surface area contributed by atoms with E-state index in [9.17, 15) is 0 Å². The first-order valence-electron chi connectivity index (χ1n) is 9.50. The highest BCUT2D eigenvalue weighted by Crippen LogP contribution is 2.14. The van der Waals surface area contributed by atoms with Crippen LogP contribution in [0.25, 0.3) is 0 Å². The van der Waals surface area contributed by atoms with Crippen molar-refractivity contribution in [2.45, 2.75) is 31.5 Å². The summed E-state index contributed by atoms with van der Waals surface area (Å²) in [5, 5.41) is 6.45. The fraction of sp³-hybridized carbons (Fsp3) is 1.00. The lowest BCUT2D eigenvalue weighted by atomic mass is 10.5. The second kappa shape index (κ2) is 19.4. The Morgan fingerprint density at radius 2 is 1.04 bits per heavy atom. The molecule has 0 saturated heterocycles. The number of rotatable bonds is 17. The highest BCUT2D eigenvalue weighted by molar-refractivity contribution is 6.65. The molecule has 0 bridgehead atoms. The third-order valence-electron chi connectivity index (χ3n) is 4.26. The maximum atomic E-state index is 5.36. The lowest BCUT2D eigenvalue weighted by Gasteiger charge is -2.24. The molecule has 9 nitrogen and oxygen atoms in total. The molecule has 0 amide bonds. The molecule has 0 saturated carbocycles. The molecule has 0 unspecified atom stereocenters. The minimum atomic E-state index is -2.35. The van der Waals surface area contributed by atoms with Gasteiger partial charge in [-0.3, -0.25) is 0 Å². The summed E-state index contributed by atoms with van der Waals surface area (Å²) in [6, 6.07) is 1.85. The minimum absolute atomic E-state index is 0.668. The fourth-order valence-electron chi connectivity index (χ4n) is 2.26. The van der Waals surface area contributed by atoms with Crippen LogP contribution in [0.3, 0.4) is 0 Å². The normalized spacial score (nSPS) is 12.0. The van der Waals surface area contributed by atoms with E-state index in [2.05, 4.69) is 17.2 Å². The zero-order valence-electron chi connectivity index (χ0n) is 18.3. The van der Waals surface area contributed by atoms with Crippen molar-refractivity contribution in [2.24, 2.45) is 11.5 Å². The van der Waals surface area contributed by atoms with Crippen LogP contribution >= 0.6 is 0 Å². The van der Waals surface area contributed by atoms with Gasteiger partial charge in [0.05, 0.1) is 0 Å². The molecule has 0 aromatic carbocycles. The van der Waals surface area contributed by atoms with Crippen LogP contribution in [0.2, 0.25) is 18.6 Å². The van der Waals surface area contributed by atoms with Gasteiger partial charge in [-0.15, -0.1) is 0 Å². The molecule has 0 aliphatic carbocycles. The molecule has 11 heteroatoms. The minimum Gasteiger partial charge on any atom is -0.398 e. The van der Waals surface area contributed by atoms with Gasteiger partial charge in [0.2, 0.25) is 0 Å². The quantitative estimate of drug-likeness (QED) is 0.189. The molecule has 0 fully saturated rings. The molecule has 27 heavy (non-hydrogen) atoms. The Morgan fingerprint density at radius 1 is 0.630 bits per heavy atom. The van der Waals surface area contributed by atoms with Gasteiger partial charge in [0.25, 0.3) is 0 Å². The topological polar surface area (TPSA) is 122 Å². The van der Waals surface area contributed by atoms with Crippen LogP contribution in [-0.4, -0.2) is 92.2 Å². The molecule has 0 heterocycles. The van der Waals surface area contributed by atoms with E-state index in [4.69, 9.17) is 33.6 Å². The molecule has 166 valence electrons. The monoisotopic (exact) mass is 428 g/mol. The van der Waals surface area contributed by atoms with E-state index in [1.807, 2.05) is 0 Å². The second-order valence-corrected chi connectivity index (χ2v) is 12.8. The fourth-order valence-corrected chi connectivity index (χ4v) is 5.38. The Bertz CT molecular complexity index is 304. The molecule has 0 radical (unpaired) electrons. The van der Waals surface area contributed by atoms with E-state index in [1.165, 1.54) is 0 Å².